The van der Waals surface area contributed by atoms with Gasteiger partial charge >= 0.3 is 0 Å². The number of benzene rings is 1. The van der Waals surface area contributed by atoms with Gasteiger partial charge < -0.3 is 11.1 Å². The highest BCUT2D eigenvalue weighted by molar-refractivity contribution is 5.18. The van der Waals surface area contributed by atoms with Crippen molar-refractivity contribution in [1.82, 2.24) is 5.32 Å². The summed E-state index contributed by atoms with van der Waals surface area (Å²) < 4.78 is 0. The minimum atomic E-state index is 0.185. The van der Waals surface area contributed by atoms with Crippen LogP contribution in [0.15, 0.2) is 24.3 Å². The molecule has 1 aliphatic heterocycles. The van der Waals surface area contributed by atoms with Gasteiger partial charge in [-0.15, -0.1) is 0 Å². The molecule has 0 amide bonds. The molecule has 0 saturated carbocycles. The molecule has 1 aromatic rings. The van der Waals surface area contributed by atoms with E-state index in [1.54, 1.807) is 0 Å². The lowest BCUT2D eigenvalue weighted by Gasteiger charge is -2.18. The third kappa shape index (κ3) is 1.90. The molecule has 1 saturated heterocycles. The van der Waals surface area contributed by atoms with Gasteiger partial charge in [-0.3, -0.25) is 0 Å². The lowest BCUT2D eigenvalue weighted by atomic mass is 9.93. The summed E-state index contributed by atoms with van der Waals surface area (Å²) in [6.45, 7) is 2.16. The summed E-state index contributed by atoms with van der Waals surface area (Å²) >= 11 is 0. The average Bonchev–Trinajstić information content (AvgIpc) is 2.71. The summed E-state index contributed by atoms with van der Waals surface area (Å²) in [6, 6.07) is 11.2. The van der Waals surface area contributed by atoms with Crippen LogP contribution < -0.4 is 11.1 Å². The number of hydrogen-bond donors (Lipinski definition) is 2. The lowest BCUT2D eigenvalue weighted by Crippen LogP contribution is -2.23. The minimum absolute atomic E-state index is 0.185. The molecule has 1 heterocycles. The molecule has 0 aromatic heterocycles. The maximum atomic E-state index is 6.15. The van der Waals surface area contributed by atoms with E-state index >= 15 is 0 Å². The Kier molecular flexibility index (Phi) is 2.62. The van der Waals surface area contributed by atoms with Crippen molar-refractivity contribution in [3.05, 3.63) is 35.9 Å². The number of nitrogens with one attached hydrogen (secondary N) is 1. The van der Waals surface area contributed by atoms with Gasteiger partial charge in [0.1, 0.15) is 0 Å². The second-order valence-electron chi connectivity index (χ2n) is 3.61. The van der Waals surface area contributed by atoms with Crippen LogP contribution in [-0.2, 0) is 0 Å². The standard InChI is InChI=1S/C11H15N2/c12-11(10-6-7-13-8-10)9-4-2-1-3-5-9/h2-5,10-11,13H,6-8,12H2. The van der Waals surface area contributed by atoms with E-state index in [9.17, 15) is 0 Å². The average molecular weight is 175 g/mol. The zero-order chi connectivity index (χ0) is 9.10. The number of rotatable bonds is 2. The van der Waals surface area contributed by atoms with E-state index in [2.05, 4.69) is 23.5 Å². The van der Waals surface area contributed by atoms with Crippen molar-refractivity contribution in [2.75, 3.05) is 13.1 Å². The van der Waals surface area contributed by atoms with Gasteiger partial charge in [0, 0.05) is 6.04 Å². The van der Waals surface area contributed by atoms with E-state index in [4.69, 9.17) is 5.73 Å². The molecule has 2 nitrogen and oxygen atoms in total. The molecule has 13 heavy (non-hydrogen) atoms. The van der Waals surface area contributed by atoms with Crippen molar-refractivity contribution in [2.24, 2.45) is 11.7 Å². The first-order valence-electron chi connectivity index (χ1n) is 4.80. The van der Waals surface area contributed by atoms with E-state index in [1.807, 2.05) is 12.1 Å². The molecule has 2 heteroatoms. The van der Waals surface area contributed by atoms with Gasteiger partial charge in [-0.05, 0) is 37.1 Å². The largest absolute Gasteiger partial charge is 0.324 e. The Hall–Kier alpha value is -0.860. The van der Waals surface area contributed by atoms with Gasteiger partial charge in [0.15, 0.2) is 0 Å². The Balaban J connectivity index is 2.08. The Labute approximate surface area is 79.1 Å². The zero-order valence-corrected chi connectivity index (χ0v) is 7.66. The molecule has 1 aromatic carbocycles. The number of hydrogen-bond acceptors (Lipinski definition) is 2. The fourth-order valence-corrected chi connectivity index (χ4v) is 1.88. The Morgan fingerprint density at radius 3 is 2.85 bits per heavy atom. The zero-order valence-electron chi connectivity index (χ0n) is 7.66. The van der Waals surface area contributed by atoms with Crippen LogP contribution in [-0.4, -0.2) is 13.1 Å². The van der Waals surface area contributed by atoms with Crippen molar-refractivity contribution in [1.29, 1.82) is 0 Å². The van der Waals surface area contributed by atoms with Crippen LogP contribution in [0.2, 0.25) is 0 Å². The van der Waals surface area contributed by atoms with Gasteiger partial charge in [-0.25, -0.2) is 0 Å². The molecule has 0 bridgehead atoms. The van der Waals surface area contributed by atoms with Gasteiger partial charge in [-0.1, -0.05) is 24.3 Å². The molecular weight excluding hydrogens is 160 g/mol. The van der Waals surface area contributed by atoms with Crippen LogP contribution >= 0.6 is 0 Å². The molecule has 0 spiro atoms. The molecule has 0 aliphatic carbocycles. The van der Waals surface area contributed by atoms with Crippen LogP contribution in [0.3, 0.4) is 0 Å². The van der Waals surface area contributed by atoms with E-state index in [-0.39, 0.29) is 6.04 Å². The van der Waals surface area contributed by atoms with Crippen molar-refractivity contribution in [3.8, 4) is 0 Å². The summed E-state index contributed by atoms with van der Waals surface area (Å²) in [5, 5.41) is 3.34. The van der Waals surface area contributed by atoms with Crippen molar-refractivity contribution in [3.63, 3.8) is 0 Å². The summed E-state index contributed by atoms with van der Waals surface area (Å²) in [4.78, 5) is 0. The number of nitrogens with two attached hydrogens (primary N) is 1. The molecular formula is C11H15N2. The summed E-state index contributed by atoms with van der Waals surface area (Å²) in [5.74, 6) is 0.599. The second kappa shape index (κ2) is 3.90. The third-order valence-corrected chi connectivity index (χ3v) is 2.74. The predicted octanol–water partition coefficient (Wildman–Crippen LogP) is 1.10. The Morgan fingerprint density at radius 1 is 1.46 bits per heavy atom. The Bertz CT molecular complexity index is 252. The fraction of sp³-hybridized carbons (Fsp3) is 0.455. The van der Waals surface area contributed by atoms with Crippen molar-refractivity contribution in [2.45, 2.75) is 12.5 Å². The molecule has 1 radical (unpaired) electrons. The Morgan fingerprint density at radius 2 is 2.23 bits per heavy atom. The topological polar surface area (TPSA) is 38.0 Å². The van der Waals surface area contributed by atoms with E-state index < -0.39 is 0 Å². The fourth-order valence-electron chi connectivity index (χ4n) is 1.88. The van der Waals surface area contributed by atoms with Crippen LogP contribution in [0, 0.1) is 12.0 Å². The van der Waals surface area contributed by atoms with Crippen LogP contribution in [0.5, 0.6) is 0 Å². The van der Waals surface area contributed by atoms with E-state index in [0.717, 1.165) is 13.1 Å². The van der Waals surface area contributed by atoms with Crippen molar-refractivity contribution < 1.29 is 0 Å². The van der Waals surface area contributed by atoms with Gasteiger partial charge in [0.05, 0.1) is 0 Å². The molecule has 2 unspecified atom stereocenters. The normalized spacial score (nSPS) is 24.5. The van der Waals surface area contributed by atoms with Crippen LogP contribution in [0.4, 0.5) is 0 Å². The van der Waals surface area contributed by atoms with Gasteiger partial charge in [-0.2, -0.15) is 0 Å². The lowest BCUT2D eigenvalue weighted by molar-refractivity contribution is 0.470. The molecule has 2 atom stereocenters. The van der Waals surface area contributed by atoms with Crippen LogP contribution in [0.25, 0.3) is 0 Å². The van der Waals surface area contributed by atoms with Crippen molar-refractivity contribution >= 4 is 0 Å². The van der Waals surface area contributed by atoms with Gasteiger partial charge in [0.25, 0.3) is 0 Å². The SMILES string of the molecule is NC(c1cc[c]cc1)C1CCNC1. The molecule has 69 valence electrons. The predicted molar refractivity (Wildman–Crippen MR) is 53.2 cm³/mol. The monoisotopic (exact) mass is 175 g/mol. The summed E-state index contributed by atoms with van der Waals surface area (Å²) in [5.41, 5.74) is 7.38. The maximum Gasteiger partial charge on any atom is 0.0336 e. The maximum absolute atomic E-state index is 6.15. The molecule has 1 aliphatic rings. The smallest absolute Gasteiger partial charge is 0.0336 e. The summed E-state index contributed by atoms with van der Waals surface area (Å²) in [6.07, 6.45) is 1.19. The van der Waals surface area contributed by atoms with Gasteiger partial charge in [0.2, 0.25) is 0 Å². The van der Waals surface area contributed by atoms with Crippen LogP contribution in [0.1, 0.15) is 18.0 Å². The third-order valence-electron chi connectivity index (χ3n) is 2.74. The summed E-state index contributed by atoms with van der Waals surface area (Å²) in [7, 11) is 0. The highest BCUT2D eigenvalue weighted by atomic mass is 14.9. The second-order valence-corrected chi connectivity index (χ2v) is 3.61. The molecule has 2 rings (SSSR count). The minimum Gasteiger partial charge on any atom is -0.324 e. The quantitative estimate of drug-likeness (QED) is 0.706. The first-order chi connectivity index (χ1) is 6.38. The van der Waals surface area contributed by atoms with E-state index in [0.29, 0.717) is 5.92 Å². The highest BCUT2D eigenvalue weighted by Gasteiger charge is 2.22. The highest BCUT2D eigenvalue weighted by Crippen LogP contribution is 2.23. The first-order valence-corrected chi connectivity index (χ1v) is 4.80. The van der Waals surface area contributed by atoms with E-state index in [1.165, 1.54) is 12.0 Å². The molecule has 1 fully saturated rings. The first kappa shape index (κ1) is 8.73. The molecule has 3 N–H and O–H groups in total.